The Hall–Kier alpha value is -0.570. The van der Waals surface area contributed by atoms with Gasteiger partial charge in [-0.25, -0.2) is 0 Å². The summed E-state index contributed by atoms with van der Waals surface area (Å²) >= 11 is 3.24. The van der Waals surface area contributed by atoms with Crippen molar-refractivity contribution >= 4 is 21.7 Å². The van der Waals surface area contributed by atoms with E-state index in [1.54, 1.807) is 12.1 Å². The summed E-state index contributed by atoms with van der Waals surface area (Å²) in [4.78, 5) is 12.3. The number of carbonyl (C=O) groups is 1. The first-order valence-corrected chi connectivity index (χ1v) is 6.81. The topological polar surface area (TPSA) is 30.2 Å². The van der Waals surface area contributed by atoms with Crippen molar-refractivity contribution in [1.29, 1.82) is 0 Å². The van der Waals surface area contributed by atoms with Crippen LogP contribution in [-0.2, 0) is 0 Å². The van der Waals surface area contributed by atoms with Gasteiger partial charge in [-0.15, -0.1) is 0 Å². The number of carbonyl (C=O) groups excluding carboxylic acids is 1. The normalized spacial score (nSPS) is 25.6. The first kappa shape index (κ1) is 11.9. The molecule has 1 heterocycles. The van der Waals surface area contributed by atoms with Crippen LogP contribution in [0.15, 0.2) is 21.2 Å². The first-order valence-electron chi connectivity index (χ1n) is 6.02. The Balaban J connectivity index is 2.13. The fraction of sp³-hybridized carbons (Fsp3) is 0.615. The molecule has 0 bridgehead atoms. The monoisotopic (exact) mass is 284 g/mol. The number of rotatable bonds is 3. The van der Waals surface area contributed by atoms with E-state index in [1.165, 1.54) is 19.3 Å². The van der Waals surface area contributed by atoms with E-state index in [4.69, 9.17) is 4.42 Å². The Morgan fingerprint density at radius 2 is 2.19 bits per heavy atom. The van der Waals surface area contributed by atoms with Crippen LogP contribution in [0.3, 0.4) is 0 Å². The van der Waals surface area contributed by atoms with Crippen molar-refractivity contribution in [2.75, 3.05) is 0 Å². The van der Waals surface area contributed by atoms with Gasteiger partial charge >= 0.3 is 0 Å². The summed E-state index contributed by atoms with van der Waals surface area (Å²) in [6.07, 6.45) is 5.75. The molecule has 0 radical (unpaired) electrons. The summed E-state index contributed by atoms with van der Waals surface area (Å²) in [7, 11) is 0. The summed E-state index contributed by atoms with van der Waals surface area (Å²) in [6.45, 7) is 2.17. The van der Waals surface area contributed by atoms with E-state index in [2.05, 4.69) is 22.9 Å². The lowest BCUT2D eigenvalue weighted by Gasteiger charge is -2.28. The van der Waals surface area contributed by atoms with Crippen LogP contribution >= 0.6 is 15.9 Å². The Morgan fingerprint density at radius 3 is 2.81 bits per heavy atom. The molecule has 0 spiro atoms. The van der Waals surface area contributed by atoms with Gasteiger partial charge in [0.1, 0.15) is 0 Å². The van der Waals surface area contributed by atoms with E-state index in [1.807, 2.05) is 0 Å². The molecule has 1 aliphatic rings. The Bertz CT molecular complexity index is 370. The van der Waals surface area contributed by atoms with Crippen LogP contribution < -0.4 is 0 Å². The highest BCUT2D eigenvalue weighted by molar-refractivity contribution is 9.10. The number of hydrogen-bond acceptors (Lipinski definition) is 2. The van der Waals surface area contributed by atoms with Crippen molar-refractivity contribution in [3.63, 3.8) is 0 Å². The predicted octanol–water partition coefficient (Wildman–Crippen LogP) is 4.44. The van der Waals surface area contributed by atoms with Crippen molar-refractivity contribution in [3.05, 3.63) is 22.6 Å². The fourth-order valence-corrected chi connectivity index (χ4v) is 2.98. The van der Waals surface area contributed by atoms with E-state index in [0.717, 1.165) is 12.8 Å². The molecule has 1 aromatic heterocycles. The molecule has 2 rings (SSSR count). The fourth-order valence-electron chi connectivity index (χ4n) is 2.67. The summed E-state index contributed by atoms with van der Waals surface area (Å²) in [5.74, 6) is 1.43. The SMILES string of the molecule is CCC1CCCCC1C(=O)c1ccc(Br)o1. The van der Waals surface area contributed by atoms with E-state index in [0.29, 0.717) is 16.3 Å². The lowest BCUT2D eigenvalue weighted by molar-refractivity contribution is 0.0789. The van der Waals surface area contributed by atoms with Gasteiger partial charge in [-0.3, -0.25) is 4.79 Å². The van der Waals surface area contributed by atoms with Crippen LogP contribution in [-0.4, -0.2) is 5.78 Å². The largest absolute Gasteiger partial charge is 0.446 e. The summed E-state index contributed by atoms with van der Waals surface area (Å²) in [5.41, 5.74) is 0. The molecule has 16 heavy (non-hydrogen) atoms. The lowest BCUT2D eigenvalue weighted by Crippen LogP contribution is -2.26. The smallest absolute Gasteiger partial charge is 0.201 e. The predicted molar refractivity (Wildman–Crippen MR) is 66.5 cm³/mol. The van der Waals surface area contributed by atoms with Gasteiger partial charge in [0.15, 0.2) is 10.4 Å². The number of hydrogen-bond donors (Lipinski definition) is 0. The van der Waals surface area contributed by atoms with Gasteiger partial charge in [0.05, 0.1) is 0 Å². The molecule has 1 fully saturated rings. The molecule has 1 aliphatic carbocycles. The number of furan rings is 1. The van der Waals surface area contributed by atoms with Crippen LogP contribution in [0, 0.1) is 11.8 Å². The van der Waals surface area contributed by atoms with E-state index < -0.39 is 0 Å². The van der Waals surface area contributed by atoms with Crippen LogP contribution in [0.4, 0.5) is 0 Å². The molecule has 1 saturated carbocycles. The first-order chi connectivity index (χ1) is 7.72. The molecule has 0 aliphatic heterocycles. The van der Waals surface area contributed by atoms with Gasteiger partial charge < -0.3 is 4.42 Å². The molecular formula is C13H17BrO2. The summed E-state index contributed by atoms with van der Waals surface area (Å²) in [6, 6.07) is 3.56. The Morgan fingerprint density at radius 1 is 1.44 bits per heavy atom. The van der Waals surface area contributed by atoms with Crippen molar-refractivity contribution in [3.8, 4) is 0 Å². The zero-order valence-corrected chi connectivity index (χ0v) is 11.1. The maximum atomic E-state index is 12.3. The molecule has 0 amide bonds. The molecule has 2 nitrogen and oxygen atoms in total. The molecule has 2 atom stereocenters. The Labute approximate surface area is 105 Å². The molecular weight excluding hydrogens is 268 g/mol. The van der Waals surface area contributed by atoms with Gasteiger partial charge in [-0.2, -0.15) is 0 Å². The third-order valence-electron chi connectivity index (χ3n) is 3.59. The third-order valence-corrected chi connectivity index (χ3v) is 4.01. The van der Waals surface area contributed by atoms with Gasteiger partial charge in [-0.05, 0) is 46.8 Å². The molecule has 1 aromatic rings. The van der Waals surface area contributed by atoms with Crippen LogP contribution in [0.1, 0.15) is 49.6 Å². The molecule has 2 unspecified atom stereocenters. The highest BCUT2D eigenvalue weighted by Gasteiger charge is 2.31. The molecule has 3 heteroatoms. The van der Waals surface area contributed by atoms with Gasteiger partial charge in [-0.1, -0.05) is 26.2 Å². The second-order valence-electron chi connectivity index (χ2n) is 4.53. The van der Waals surface area contributed by atoms with Gasteiger partial charge in [0.25, 0.3) is 0 Å². The highest BCUT2D eigenvalue weighted by Crippen LogP contribution is 2.35. The average Bonchev–Trinajstić information content (AvgIpc) is 2.75. The van der Waals surface area contributed by atoms with Crippen molar-refractivity contribution < 1.29 is 9.21 Å². The van der Waals surface area contributed by atoms with Crippen LogP contribution in [0.2, 0.25) is 0 Å². The van der Waals surface area contributed by atoms with E-state index in [9.17, 15) is 4.79 Å². The van der Waals surface area contributed by atoms with Crippen molar-refractivity contribution in [2.45, 2.75) is 39.0 Å². The number of ketones is 1. The number of halogens is 1. The minimum Gasteiger partial charge on any atom is -0.446 e. The van der Waals surface area contributed by atoms with Crippen molar-refractivity contribution in [2.24, 2.45) is 11.8 Å². The second kappa shape index (κ2) is 5.17. The molecule has 0 aromatic carbocycles. The average molecular weight is 285 g/mol. The molecule has 0 N–H and O–H groups in total. The summed E-state index contributed by atoms with van der Waals surface area (Å²) in [5, 5.41) is 0. The van der Waals surface area contributed by atoms with E-state index in [-0.39, 0.29) is 11.7 Å². The quantitative estimate of drug-likeness (QED) is 0.768. The Kier molecular flexibility index (Phi) is 3.85. The zero-order valence-electron chi connectivity index (χ0n) is 9.54. The maximum absolute atomic E-state index is 12.3. The standard InChI is InChI=1S/C13H17BrO2/c1-2-9-5-3-4-6-10(9)13(15)11-7-8-12(14)16-11/h7-10H,2-6H2,1H3. The third kappa shape index (κ3) is 2.40. The highest BCUT2D eigenvalue weighted by atomic mass is 79.9. The zero-order chi connectivity index (χ0) is 11.5. The summed E-state index contributed by atoms with van der Waals surface area (Å²) < 4.78 is 6.00. The van der Waals surface area contributed by atoms with Crippen LogP contribution in [0.5, 0.6) is 0 Å². The van der Waals surface area contributed by atoms with Crippen molar-refractivity contribution in [1.82, 2.24) is 0 Å². The molecule has 88 valence electrons. The second-order valence-corrected chi connectivity index (χ2v) is 5.31. The molecule has 0 saturated heterocycles. The maximum Gasteiger partial charge on any atom is 0.201 e. The van der Waals surface area contributed by atoms with Crippen LogP contribution in [0.25, 0.3) is 0 Å². The lowest BCUT2D eigenvalue weighted by atomic mass is 9.75. The number of Topliss-reactive ketones (excluding diaryl/α,β-unsaturated/α-hetero) is 1. The van der Waals surface area contributed by atoms with Gasteiger partial charge in [0.2, 0.25) is 5.78 Å². The minimum absolute atomic E-state index is 0.178. The minimum atomic E-state index is 0.178. The van der Waals surface area contributed by atoms with Gasteiger partial charge in [0, 0.05) is 5.92 Å². The van der Waals surface area contributed by atoms with E-state index >= 15 is 0 Å².